The van der Waals surface area contributed by atoms with Crippen LogP contribution in [0, 0.1) is 0 Å². The molecule has 0 saturated heterocycles. The van der Waals surface area contributed by atoms with E-state index >= 15 is 0 Å². The second-order valence-corrected chi connectivity index (χ2v) is 6.70. The van der Waals surface area contributed by atoms with Crippen LogP contribution in [0.4, 0.5) is 5.95 Å². The molecule has 0 spiro atoms. The van der Waals surface area contributed by atoms with Crippen molar-refractivity contribution in [3.63, 3.8) is 0 Å². The topological polar surface area (TPSA) is 94.1 Å². The van der Waals surface area contributed by atoms with Crippen molar-refractivity contribution in [2.45, 2.75) is 19.6 Å². The quantitative estimate of drug-likeness (QED) is 0.689. The molecule has 0 aliphatic carbocycles. The van der Waals surface area contributed by atoms with Gasteiger partial charge in [-0.2, -0.15) is 4.98 Å². The number of nitrogens with zero attached hydrogens (tertiary/aromatic N) is 4. The van der Waals surface area contributed by atoms with E-state index in [-0.39, 0.29) is 12.2 Å². The maximum atomic E-state index is 12.7. The highest BCUT2D eigenvalue weighted by Crippen LogP contribution is 2.19. The number of hydrogen-bond donors (Lipinski definition) is 2. The molecule has 26 heavy (non-hydrogen) atoms. The lowest BCUT2D eigenvalue weighted by molar-refractivity contribution is 0.208. The van der Waals surface area contributed by atoms with Crippen molar-refractivity contribution in [2.75, 3.05) is 11.9 Å². The highest BCUT2D eigenvalue weighted by molar-refractivity contribution is 6.30. The van der Waals surface area contributed by atoms with Gasteiger partial charge in [0.25, 0.3) is 5.56 Å². The summed E-state index contributed by atoms with van der Waals surface area (Å²) in [5.74, 6) is 0.402. The minimum atomic E-state index is -0.596. The Morgan fingerprint density at radius 3 is 2.65 bits per heavy atom. The fourth-order valence-electron chi connectivity index (χ4n) is 2.79. The van der Waals surface area contributed by atoms with Crippen molar-refractivity contribution in [1.29, 1.82) is 0 Å². The van der Waals surface area contributed by atoms with Gasteiger partial charge in [0.1, 0.15) is 0 Å². The molecule has 8 nitrogen and oxygen atoms in total. The molecular formula is C17H20ClN5O3. The molecule has 2 aromatic heterocycles. The molecule has 9 heteroatoms. The lowest BCUT2D eigenvalue weighted by Gasteiger charge is -2.12. The van der Waals surface area contributed by atoms with Crippen molar-refractivity contribution in [3.8, 4) is 0 Å². The second-order valence-electron chi connectivity index (χ2n) is 6.26. The summed E-state index contributed by atoms with van der Waals surface area (Å²) in [5, 5.41) is 13.2. The number of hydrogen-bond acceptors (Lipinski definition) is 5. The van der Waals surface area contributed by atoms with Crippen LogP contribution in [0.25, 0.3) is 11.2 Å². The van der Waals surface area contributed by atoms with E-state index in [0.717, 1.165) is 10.1 Å². The molecule has 0 aliphatic rings. The summed E-state index contributed by atoms with van der Waals surface area (Å²) < 4.78 is 4.08. The van der Waals surface area contributed by atoms with E-state index in [0.29, 0.717) is 23.0 Å². The first-order valence-electron chi connectivity index (χ1n) is 8.12. The average molecular weight is 378 g/mol. The Morgan fingerprint density at radius 2 is 2.00 bits per heavy atom. The van der Waals surface area contributed by atoms with Gasteiger partial charge in [0.15, 0.2) is 11.2 Å². The molecule has 0 fully saturated rings. The van der Waals surface area contributed by atoms with Crippen LogP contribution in [0.2, 0.25) is 5.02 Å². The molecule has 2 N–H and O–H groups in total. The summed E-state index contributed by atoms with van der Waals surface area (Å²) in [6.07, 6.45) is -0.596. The zero-order chi connectivity index (χ0) is 19.0. The normalized spacial score (nSPS) is 12.5. The molecule has 1 unspecified atom stereocenters. The summed E-state index contributed by atoms with van der Waals surface area (Å²) in [7, 11) is 3.00. The molecule has 1 atom stereocenters. The van der Waals surface area contributed by atoms with Crippen LogP contribution in [0.3, 0.4) is 0 Å². The minimum absolute atomic E-state index is 0.257. The van der Waals surface area contributed by atoms with Gasteiger partial charge in [-0.1, -0.05) is 23.7 Å². The smallest absolute Gasteiger partial charge is 0.332 e. The van der Waals surface area contributed by atoms with Gasteiger partial charge in [-0.3, -0.25) is 18.5 Å². The monoisotopic (exact) mass is 377 g/mol. The van der Waals surface area contributed by atoms with Crippen molar-refractivity contribution in [2.24, 2.45) is 14.1 Å². The Labute approximate surface area is 154 Å². The van der Waals surface area contributed by atoms with Gasteiger partial charge < -0.3 is 10.4 Å². The number of aromatic nitrogens is 4. The third-order valence-electron chi connectivity index (χ3n) is 4.13. The summed E-state index contributed by atoms with van der Waals surface area (Å²) in [6.45, 7) is 2.24. The van der Waals surface area contributed by atoms with Gasteiger partial charge in [0.2, 0.25) is 5.95 Å². The van der Waals surface area contributed by atoms with Crippen LogP contribution in [0.5, 0.6) is 0 Å². The van der Waals surface area contributed by atoms with Crippen LogP contribution in [0.15, 0.2) is 33.9 Å². The van der Waals surface area contributed by atoms with Gasteiger partial charge >= 0.3 is 5.69 Å². The van der Waals surface area contributed by atoms with Crippen molar-refractivity contribution in [1.82, 2.24) is 18.7 Å². The molecule has 0 aliphatic heterocycles. The number of rotatable bonds is 5. The van der Waals surface area contributed by atoms with Crippen LogP contribution in [-0.4, -0.2) is 36.4 Å². The number of aliphatic hydroxyl groups is 1. The van der Waals surface area contributed by atoms with E-state index in [4.69, 9.17) is 11.6 Å². The largest absolute Gasteiger partial charge is 0.392 e. The van der Waals surface area contributed by atoms with Crippen molar-refractivity contribution < 1.29 is 5.11 Å². The zero-order valence-corrected chi connectivity index (χ0v) is 15.5. The van der Waals surface area contributed by atoms with Gasteiger partial charge in [-0.05, 0) is 24.6 Å². The molecule has 2 heterocycles. The first-order chi connectivity index (χ1) is 12.3. The molecule has 1 aromatic carbocycles. The zero-order valence-electron chi connectivity index (χ0n) is 14.7. The number of aliphatic hydroxyl groups excluding tert-OH is 1. The highest BCUT2D eigenvalue weighted by atomic mass is 35.5. The maximum absolute atomic E-state index is 12.7. The van der Waals surface area contributed by atoms with E-state index in [1.165, 1.54) is 11.6 Å². The number of nitrogens with one attached hydrogen (secondary N) is 1. The van der Waals surface area contributed by atoms with Gasteiger partial charge in [0.05, 0.1) is 12.6 Å². The third-order valence-corrected chi connectivity index (χ3v) is 4.37. The van der Waals surface area contributed by atoms with E-state index in [1.807, 2.05) is 12.1 Å². The predicted molar refractivity (Wildman–Crippen MR) is 101 cm³/mol. The fraction of sp³-hybridized carbons (Fsp3) is 0.353. The van der Waals surface area contributed by atoms with Gasteiger partial charge in [-0.15, -0.1) is 0 Å². The average Bonchev–Trinajstić information content (AvgIpc) is 2.95. The van der Waals surface area contributed by atoms with Gasteiger partial charge in [0, 0.05) is 25.7 Å². The lowest BCUT2D eigenvalue weighted by Crippen LogP contribution is -2.37. The first-order valence-corrected chi connectivity index (χ1v) is 8.50. The Morgan fingerprint density at radius 1 is 1.27 bits per heavy atom. The van der Waals surface area contributed by atoms with Crippen LogP contribution >= 0.6 is 11.6 Å². The van der Waals surface area contributed by atoms with Crippen LogP contribution < -0.4 is 16.6 Å². The Balaban J connectivity index is 2.24. The number of fused-ring (bicyclic) bond motifs is 1. The van der Waals surface area contributed by atoms with E-state index < -0.39 is 17.4 Å². The SMILES string of the molecule is CC(O)CNc1nc2c(c(=O)n(C)c(=O)n2C)n1Cc1cccc(Cl)c1. The van der Waals surface area contributed by atoms with E-state index in [1.54, 1.807) is 30.7 Å². The molecule has 0 saturated carbocycles. The summed E-state index contributed by atoms with van der Waals surface area (Å²) in [5.41, 5.74) is 0.600. The van der Waals surface area contributed by atoms with E-state index in [2.05, 4.69) is 10.3 Å². The molecule has 0 amide bonds. The first kappa shape index (κ1) is 18.2. The second kappa shape index (κ2) is 6.97. The standard InChI is InChI=1S/C17H20ClN5O3/c1-10(24)8-19-16-20-14-13(15(25)22(3)17(26)21(14)2)23(16)9-11-5-4-6-12(18)7-11/h4-7,10,24H,8-9H2,1-3H3,(H,19,20). The Kier molecular flexibility index (Phi) is 4.88. The molecule has 3 aromatic rings. The molecule has 0 bridgehead atoms. The van der Waals surface area contributed by atoms with Crippen molar-refractivity contribution >= 4 is 28.7 Å². The molecule has 0 radical (unpaired) electrons. The number of anilines is 1. The molecule has 3 rings (SSSR count). The third kappa shape index (κ3) is 3.25. The fourth-order valence-corrected chi connectivity index (χ4v) is 3.01. The number of imidazole rings is 1. The number of benzene rings is 1. The lowest BCUT2D eigenvalue weighted by atomic mass is 10.2. The van der Waals surface area contributed by atoms with Crippen LogP contribution in [-0.2, 0) is 20.6 Å². The van der Waals surface area contributed by atoms with Crippen LogP contribution in [0.1, 0.15) is 12.5 Å². The molecule has 138 valence electrons. The maximum Gasteiger partial charge on any atom is 0.332 e. The summed E-state index contributed by atoms with van der Waals surface area (Å²) >= 11 is 6.06. The van der Waals surface area contributed by atoms with E-state index in [9.17, 15) is 14.7 Å². The number of aryl methyl sites for hydroxylation is 1. The van der Waals surface area contributed by atoms with Crippen molar-refractivity contribution in [3.05, 3.63) is 55.7 Å². The minimum Gasteiger partial charge on any atom is -0.392 e. The van der Waals surface area contributed by atoms with Gasteiger partial charge in [-0.25, -0.2) is 4.79 Å². The number of halogens is 1. The summed E-state index contributed by atoms with van der Waals surface area (Å²) in [6, 6.07) is 7.29. The summed E-state index contributed by atoms with van der Waals surface area (Å²) in [4.78, 5) is 29.3. The molecular weight excluding hydrogens is 358 g/mol. The predicted octanol–water partition coefficient (Wildman–Crippen LogP) is 0.928. The Hall–Kier alpha value is -2.58. The highest BCUT2D eigenvalue weighted by Gasteiger charge is 2.19. The Bertz CT molecular complexity index is 1080.